The van der Waals surface area contributed by atoms with Gasteiger partial charge in [-0.3, -0.25) is 0 Å². The van der Waals surface area contributed by atoms with Gasteiger partial charge in [-0.1, -0.05) is 13.8 Å². The molecule has 0 radical (unpaired) electrons. The summed E-state index contributed by atoms with van der Waals surface area (Å²) in [7, 11) is 0. The fraction of sp³-hybridized carbons (Fsp3) is 0.533. The molecular weight excluding hydrogens is 222 g/mol. The fourth-order valence-corrected chi connectivity index (χ4v) is 2.69. The van der Waals surface area contributed by atoms with Crippen LogP contribution in [0.2, 0.25) is 0 Å². The summed E-state index contributed by atoms with van der Waals surface area (Å²) >= 11 is 0. The van der Waals surface area contributed by atoms with Crippen LogP contribution in [-0.2, 0) is 0 Å². The topological polar surface area (TPSA) is 53.0 Å². The SMILES string of the molecule is CC(C)C1CCN(c2cc(C#N)ccc2N)CC1. The zero-order valence-electron chi connectivity index (χ0n) is 11.2. The molecule has 0 amide bonds. The summed E-state index contributed by atoms with van der Waals surface area (Å²) in [4.78, 5) is 2.31. The molecule has 0 saturated carbocycles. The number of rotatable bonds is 2. The standard InChI is InChI=1S/C15H21N3/c1-11(2)13-5-7-18(8-6-13)15-9-12(10-16)3-4-14(15)17/h3-4,9,11,13H,5-8,17H2,1-2H3. The van der Waals surface area contributed by atoms with E-state index in [1.807, 2.05) is 12.1 Å². The van der Waals surface area contributed by atoms with E-state index in [9.17, 15) is 0 Å². The number of benzene rings is 1. The van der Waals surface area contributed by atoms with Crippen LogP contribution in [0.1, 0.15) is 32.3 Å². The summed E-state index contributed by atoms with van der Waals surface area (Å²) in [6.45, 7) is 6.68. The molecule has 0 unspecified atom stereocenters. The molecule has 18 heavy (non-hydrogen) atoms. The predicted molar refractivity (Wildman–Crippen MR) is 75.3 cm³/mol. The number of nitrogens with two attached hydrogens (primary N) is 1. The van der Waals surface area contributed by atoms with Gasteiger partial charge in [-0.15, -0.1) is 0 Å². The second-order valence-electron chi connectivity index (χ2n) is 5.45. The first-order valence-electron chi connectivity index (χ1n) is 6.66. The van der Waals surface area contributed by atoms with Crippen molar-refractivity contribution in [2.24, 2.45) is 11.8 Å². The van der Waals surface area contributed by atoms with E-state index in [2.05, 4.69) is 24.8 Å². The Morgan fingerprint density at radius 1 is 1.33 bits per heavy atom. The normalized spacial score (nSPS) is 16.9. The minimum absolute atomic E-state index is 0.685. The van der Waals surface area contributed by atoms with E-state index in [-0.39, 0.29) is 0 Å². The van der Waals surface area contributed by atoms with Gasteiger partial charge < -0.3 is 10.6 Å². The average Bonchev–Trinajstić information content (AvgIpc) is 2.39. The zero-order valence-corrected chi connectivity index (χ0v) is 11.2. The number of nitriles is 1. The second-order valence-corrected chi connectivity index (χ2v) is 5.45. The van der Waals surface area contributed by atoms with E-state index in [1.54, 1.807) is 6.07 Å². The Labute approximate surface area is 109 Å². The van der Waals surface area contributed by atoms with Gasteiger partial charge in [-0.25, -0.2) is 0 Å². The van der Waals surface area contributed by atoms with Gasteiger partial charge in [-0.2, -0.15) is 5.26 Å². The lowest BCUT2D eigenvalue weighted by Crippen LogP contribution is -2.35. The first-order valence-corrected chi connectivity index (χ1v) is 6.66. The van der Waals surface area contributed by atoms with E-state index in [0.29, 0.717) is 5.56 Å². The molecular formula is C15H21N3. The summed E-state index contributed by atoms with van der Waals surface area (Å²) < 4.78 is 0. The molecule has 3 heteroatoms. The smallest absolute Gasteiger partial charge is 0.0992 e. The molecule has 0 atom stereocenters. The third kappa shape index (κ3) is 2.59. The van der Waals surface area contributed by atoms with Crippen LogP contribution < -0.4 is 10.6 Å². The Kier molecular flexibility index (Phi) is 3.76. The third-order valence-electron chi connectivity index (χ3n) is 3.98. The fourth-order valence-electron chi connectivity index (χ4n) is 2.69. The Balaban J connectivity index is 2.12. The highest BCUT2D eigenvalue weighted by molar-refractivity contribution is 5.69. The van der Waals surface area contributed by atoms with E-state index >= 15 is 0 Å². The summed E-state index contributed by atoms with van der Waals surface area (Å²) in [6, 6.07) is 7.70. The quantitative estimate of drug-likeness (QED) is 0.812. The van der Waals surface area contributed by atoms with Crippen molar-refractivity contribution in [3.05, 3.63) is 23.8 Å². The van der Waals surface area contributed by atoms with Crippen molar-refractivity contribution in [3.63, 3.8) is 0 Å². The van der Waals surface area contributed by atoms with Gasteiger partial charge in [0.05, 0.1) is 23.0 Å². The number of nitrogens with zero attached hydrogens (tertiary/aromatic N) is 2. The van der Waals surface area contributed by atoms with Gasteiger partial charge in [0, 0.05) is 13.1 Å². The van der Waals surface area contributed by atoms with Crippen molar-refractivity contribution in [2.75, 3.05) is 23.7 Å². The molecule has 1 aromatic rings. The van der Waals surface area contributed by atoms with E-state index in [1.165, 1.54) is 12.8 Å². The van der Waals surface area contributed by atoms with Crippen molar-refractivity contribution < 1.29 is 0 Å². The highest BCUT2D eigenvalue weighted by Crippen LogP contribution is 2.31. The molecule has 2 N–H and O–H groups in total. The third-order valence-corrected chi connectivity index (χ3v) is 3.98. The lowest BCUT2D eigenvalue weighted by atomic mass is 9.86. The first-order chi connectivity index (χ1) is 8.61. The molecule has 0 bridgehead atoms. The molecule has 1 heterocycles. The number of hydrogen-bond donors (Lipinski definition) is 1. The number of anilines is 2. The van der Waals surface area contributed by atoms with Gasteiger partial charge in [0.1, 0.15) is 0 Å². The molecule has 3 nitrogen and oxygen atoms in total. The van der Waals surface area contributed by atoms with Crippen LogP contribution in [0.25, 0.3) is 0 Å². The van der Waals surface area contributed by atoms with Crippen LogP contribution >= 0.6 is 0 Å². The number of piperidine rings is 1. The highest BCUT2D eigenvalue weighted by Gasteiger charge is 2.22. The van der Waals surface area contributed by atoms with Gasteiger partial charge in [0.25, 0.3) is 0 Å². The molecule has 1 aromatic carbocycles. The van der Waals surface area contributed by atoms with Crippen molar-refractivity contribution in [3.8, 4) is 6.07 Å². The lowest BCUT2D eigenvalue weighted by molar-refractivity contribution is 0.311. The zero-order chi connectivity index (χ0) is 13.1. The maximum absolute atomic E-state index is 8.96. The lowest BCUT2D eigenvalue weighted by Gasteiger charge is -2.36. The summed E-state index contributed by atoms with van der Waals surface area (Å²) in [5.74, 6) is 1.58. The Bertz CT molecular complexity index is 451. The summed E-state index contributed by atoms with van der Waals surface area (Å²) in [6.07, 6.45) is 2.43. The van der Waals surface area contributed by atoms with Crippen LogP contribution in [-0.4, -0.2) is 13.1 Å². The van der Waals surface area contributed by atoms with Crippen LogP contribution in [0, 0.1) is 23.2 Å². The summed E-state index contributed by atoms with van der Waals surface area (Å²) in [5, 5.41) is 8.96. The minimum Gasteiger partial charge on any atom is -0.397 e. The maximum atomic E-state index is 8.96. The van der Waals surface area contributed by atoms with Gasteiger partial charge in [0.15, 0.2) is 0 Å². The first kappa shape index (κ1) is 12.8. The molecule has 1 fully saturated rings. The van der Waals surface area contributed by atoms with Crippen LogP contribution in [0.15, 0.2) is 18.2 Å². The van der Waals surface area contributed by atoms with Crippen LogP contribution in [0.5, 0.6) is 0 Å². The van der Waals surface area contributed by atoms with Crippen molar-refractivity contribution in [2.45, 2.75) is 26.7 Å². The number of hydrogen-bond acceptors (Lipinski definition) is 3. The predicted octanol–water partition coefficient (Wildman–Crippen LogP) is 3.01. The largest absolute Gasteiger partial charge is 0.397 e. The van der Waals surface area contributed by atoms with Crippen molar-refractivity contribution in [1.29, 1.82) is 5.26 Å². The highest BCUT2D eigenvalue weighted by atomic mass is 15.1. The van der Waals surface area contributed by atoms with Crippen molar-refractivity contribution >= 4 is 11.4 Å². The summed E-state index contributed by atoms with van der Waals surface area (Å²) in [5.41, 5.74) is 8.50. The van der Waals surface area contributed by atoms with Gasteiger partial charge >= 0.3 is 0 Å². The molecule has 1 aliphatic rings. The van der Waals surface area contributed by atoms with E-state index < -0.39 is 0 Å². The number of nitrogen functional groups attached to an aromatic ring is 1. The van der Waals surface area contributed by atoms with E-state index in [4.69, 9.17) is 11.0 Å². The average molecular weight is 243 g/mol. The molecule has 0 spiro atoms. The Morgan fingerprint density at radius 3 is 2.56 bits per heavy atom. The molecule has 0 aromatic heterocycles. The Morgan fingerprint density at radius 2 is 2.00 bits per heavy atom. The maximum Gasteiger partial charge on any atom is 0.0992 e. The van der Waals surface area contributed by atoms with Gasteiger partial charge in [0.2, 0.25) is 0 Å². The monoisotopic (exact) mass is 243 g/mol. The second kappa shape index (κ2) is 5.30. The Hall–Kier alpha value is -1.69. The van der Waals surface area contributed by atoms with Crippen LogP contribution in [0.3, 0.4) is 0 Å². The van der Waals surface area contributed by atoms with Gasteiger partial charge in [-0.05, 0) is 42.9 Å². The van der Waals surface area contributed by atoms with Crippen LogP contribution in [0.4, 0.5) is 11.4 Å². The molecule has 96 valence electrons. The van der Waals surface area contributed by atoms with E-state index in [0.717, 1.165) is 36.3 Å². The molecule has 0 aliphatic carbocycles. The molecule has 2 rings (SSSR count). The molecule has 1 aliphatic heterocycles. The van der Waals surface area contributed by atoms with Crippen molar-refractivity contribution in [1.82, 2.24) is 0 Å². The molecule has 1 saturated heterocycles. The minimum atomic E-state index is 0.685.